The summed E-state index contributed by atoms with van der Waals surface area (Å²) >= 11 is 6.86. The molecule has 2 rings (SSSR count). The van der Waals surface area contributed by atoms with Gasteiger partial charge in [0, 0.05) is 27.6 Å². The maximum Gasteiger partial charge on any atom is 0.253 e. The van der Waals surface area contributed by atoms with Crippen LogP contribution in [0.2, 0.25) is 0 Å². The van der Waals surface area contributed by atoms with E-state index < -0.39 is 0 Å². The molecule has 0 aromatic heterocycles. The smallest absolute Gasteiger partial charge is 0.253 e. The lowest BCUT2D eigenvalue weighted by Crippen LogP contribution is -2.37. The van der Waals surface area contributed by atoms with E-state index >= 15 is 0 Å². The molecule has 1 fully saturated rings. The third kappa shape index (κ3) is 4.04. The molecule has 1 amide bonds. The average Bonchev–Trinajstić information content (AvgIpc) is 2.64. The summed E-state index contributed by atoms with van der Waals surface area (Å²) < 4.78 is 1.84. The fourth-order valence-electron chi connectivity index (χ4n) is 2.43. The molecule has 1 unspecified atom stereocenters. The Kier molecular flexibility index (Phi) is 5.42. The third-order valence-corrected chi connectivity index (χ3v) is 4.44. The van der Waals surface area contributed by atoms with E-state index in [0.29, 0.717) is 6.04 Å². The number of amides is 1. The highest BCUT2D eigenvalue weighted by molar-refractivity contribution is 9.11. The monoisotopic (exact) mass is 388 g/mol. The zero-order chi connectivity index (χ0) is 13.8. The van der Waals surface area contributed by atoms with Crippen LogP contribution in [0.5, 0.6) is 0 Å². The summed E-state index contributed by atoms with van der Waals surface area (Å²) in [6, 6.07) is 6.02. The van der Waals surface area contributed by atoms with Crippen LogP contribution in [0.25, 0.3) is 0 Å². The van der Waals surface area contributed by atoms with E-state index in [1.165, 1.54) is 0 Å². The van der Waals surface area contributed by atoms with Crippen LogP contribution in [0.15, 0.2) is 27.1 Å². The van der Waals surface area contributed by atoms with Crippen molar-refractivity contribution in [1.82, 2.24) is 10.2 Å². The molecule has 0 aliphatic carbocycles. The van der Waals surface area contributed by atoms with Crippen molar-refractivity contribution in [1.29, 1.82) is 0 Å². The van der Waals surface area contributed by atoms with Crippen LogP contribution >= 0.6 is 31.9 Å². The van der Waals surface area contributed by atoms with E-state index in [4.69, 9.17) is 0 Å². The maximum atomic E-state index is 12.5. The fourth-order valence-corrected chi connectivity index (χ4v) is 3.73. The lowest BCUT2D eigenvalue weighted by molar-refractivity contribution is 0.0720. The first-order valence-electron chi connectivity index (χ1n) is 6.52. The molecule has 1 saturated heterocycles. The molecule has 3 nitrogen and oxygen atoms in total. The normalized spacial score (nSPS) is 19.8. The van der Waals surface area contributed by atoms with Gasteiger partial charge in [0.05, 0.1) is 0 Å². The molecule has 19 heavy (non-hydrogen) atoms. The Bertz CT molecular complexity index is 437. The number of carbonyl (C=O) groups excluding carboxylic acids is 1. The summed E-state index contributed by atoms with van der Waals surface area (Å²) in [5.41, 5.74) is 0.723. The van der Waals surface area contributed by atoms with Crippen molar-refractivity contribution in [3.63, 3.8) is 0 Å². The SMILES string of the molecule is CN(C(=O)c1cc(Br)cc(Br)c1)C1CCCNCC1. The van der Waals surface area contributed by atoms with E-state index in [-0.39, 0.29) is 5.91 Å². The van der Waals surface area contributed by atoms with Crippen molar-refractivity contribution in [2.24, 2.45) is 0 Å². The number of hydrogen-bond acceptors (Lipinski definition) is 2. The van der Waals surface area contributed by atoms with Crippen LogP contribution in [0.4, 0.5) is 0 Å². The first-order chi connectivity index (χ1) is 9.08. The molecule has 0 spiro atoms. The van der Waals surface area contributed by atoms with Gasteiger partial charge in [-0.3, -0.25) is 4.79 Å². The maximum absolute atomic E-state index is 12.5. The molecule has 1 aliphatic heterocycles. The van der Waals surface area contributed by atoms with Crippen molar-refractivity contribution in [2.75, 3.05) is 20.1 Å². The standard InChI is InChI=1S/C14H18Br2N2O/c1-18(13-3-2-5-17-6-4-13)14(19)10-7-11(15)9-12(16)8-10/h7-9,13,17H,2-6H2,1H3. The highest BCUT2D eigenvalue weighted by Gasteiger charge is 2.22. The van der Waals surface area contributed by atoms with Gasteiger partial charge in [0.25, 0.3) is 5.91 Å². The summed E-state index contributed by atoms with van der Waals surface area (Å²) in [6.45, 7) is 2.05. The molecule has 0 bridgehead atoms. The third-order valence-electron chi connectivity index (χ3n) is 3.52. The molecular formula is C14H18Br2N2O. The Labute approximate surface area is 131 Å². The lowest BCUT2D eigenvalue weighted by Gasteiger charge is -2.27. The zero-order valence-electron chi connectivity index (χ0n) is 11.0. The Morgan fingerprint density at radius 2 is 1.89 bits per heavy atom. The highest BCUT2D eigenvalue weighted by atomic mass is 79.9. The average molecular weight is 390 g/mol. The summed E-state index contributed by atoms with van der Waals surface area (Å²) in [5.74, 6) is 0.0916. The Morgan fingerprint density at radius 3 is 2.58 bits per heavy atom. The van der Waals surface area contributed by atoms with Gasteiger partial charge in [0.1, 0.15) is 0 Å². The number of hydrogen-bond donors (Lipinski definition) is 1. The summed E-state index contributed by atoms with van der Waals surface area (Å²) in [7, 11) is 1.91. The van der Waals surface area contributed by atoms with Gasteiger partial charge in [0.15, 0.2) is 0 Å². The second kappa shape index (κ2) is 6.86. The van der Waals surface area contributed by atoms with Gasteiger partial charge in [-0.05, 0) is 50.6 Å². The molecule has 1 heterocycles. The quantitative estimate of drug-likeness (QED) is 0.840. The molecule has 1 aliphatic rings. The molecule has 1 aromatic rings. The minimum atomic E-state index is 0.0916. The van der Waals surface area contributed by atoms with Gasteiger partial charge < -0.3 is 10.2 Å². The predicted octanol–water partition coefficient (Wildman–Crippen LogP) is 3.43. The van der Waals surface area contributed by atoms with Crippen molar-refractivity contribution in [3.05, 3.63) is 32.7 Å². The molecule has 5 heteroatoms. The van der Waals surface area contributed by atoms with Crippen LogP contribution in [0.3, 0.4) is 0 Å². The van der Waals surface area contributed by atoms with E-state index in [1.54, 1.807) is 0 Å². The number of benzene rings is 1. The lowest BCUT2D eigenvalue weighted by atomic mass is 10.1. The fraction of sp³-hybridized carbons (Fsp3) is 0.500. The largest absolute Gasteiger partial charge is 0.339 e. The highest BCUT2D eigenvalue weighted by Crippen LogP contribution is 2.22. The Hall–Kier alpha value is -0.390. The van der Waals surface area contributed by atoms with Gasteiger partial charge in [-0.2, -0.15) is 0 Å². The second-order valence-electron chi connectivity index (χ2n) is 4.91. The minimum absolute atomic E-state index is 0.0916. The molecule has 104 valence electrons. The predicted molar refractivity (Wildman–Crippen MR) is 84.4 cm³/mol. The van der Waals surface area contributed by atoms with Crippen molar-refractivity contribution >= 4 is 37.8 Å². The number of carbonyl (C=O) groups is 1. The van der Waals surface area contributed by atoms with Crippen LogP contribution in [0, 0.1) is 0 Å². The molecule has 1 N–H and O–H groups in total. The van der Waals surface area contributed by atoms with Crippen LogP contribution < -0.4 is 5.32 Å². The van der Waals surface area contributed by atoms with Gasteiger partial charge in [-0.1, -0.05) is 31.9 Å². The van der Waals surface area contributed by atoms with Crippen molar-refractivity contribution in [2.45, 2.75) is 25.3 Å². The van der Waals surface area contributed by atoms with E-state index in [9.17, 15) is 4.79 Å². The number of rotatable bonds is 2. The van der Waals surface area contributed by atoms with E-state index in [2.05, 4.69) is 37.2 Å². The van der Waals surface area contributed by atoms with Crippen molar-refractivity contribution < 1.29 is 4.79 Å². The van der Waals surface area contributed by atoms with Crippen LogP contribution in [-0.2, 0) is 0 Å². The molecule has 0 saturated carbocycles. The first-order valence-corrected chi connectivity index (χ1v) is 8.10. The molecule has 1 atom stereocenters. The van der Waals surface area contributed by atoms with Gasteiger partial charge in [0.2, 0.25) is 0 Å². The number of nitrogens with one attached hydrogen (secondary N) is 1. The number of nitrogens with zero attached hydrogens (tertiary/aromatic N) is 1. The second-order valence-corrected chi connectivity index (χ2v) is 6.74. The summed E-state index contributed by atoms with van der Waals surface area (Å²) in [6.07, 6.45) is 3.23. The minimum Gasteiger partial charge on any atom is -0.339 e. The zero-order valence-corrected chi connectivity index (χ0v) is 14.1. The van der Waals surface area contributed by atoms with Gasteiger partial charge in [-0.15, -0.1) is 0 Å². The molecular weight excluding hydrogens is 372 g/mol. The van der Waals surface area contributed by atoms with E-state index in [1.807, 2.05) is 30.1 Å². The van der Waals surface area contributed by atoms with Crippen molar-refractivity contribution in [3.8, 4) is 0 Å². The van der Waals surface area contributed by atoms with Gasteiger partial charge >= 0.3 is 0 Å². The van der Waals surface area contributed by atoms with Crippen LogP contribution in [-0.4, -0.2) is 37.0 Å². The topological polar surface area (TPSA) is 32.3 Å². The Balaban J connectivity index is 2.13. The van der Waals surface area contributed by atoms with Crippen LogP contribution in [0.1, 0.15) is 29.6 Å². The molecule has 1 aromatic carbocycles. The Morgan fingerprint density at radius 1 is 1.21 bits per heavy atom. The number of halogens is 2. The summed E-state index contributed by atoms with van der Waals surface area (Å²) in [4.78, 5) is 14.4. The summed E-state index contributed by atoms with van der Waals surface area (Å²) in [5, 5.41) is 3.38. The molecule has 0 radical (unpaired) electrons. The van der Waals surface area contributed by atoms with E-state index in [0.717, 1.165) is 46.9 Å². The van der Waals surface area contributed by atoms with Gasteiger partial charge in [-0.25, -0.2) is 0 Å². The first kappa shape index (κ1) is 15.0.